The SMILES string of the molecule is CC(C)(C)c1ccc2c(c1)OC(C(=O)N/N=C\C=C\c1cccc([N+](=O)[O-])c1)CO2. The highest BCUT2D eigenvalue weighted by atomic mass is 16.6. The monoisotopic (exact) mass is 409 g/mol. The number of nitro groups is 1. The maximum Gasteiger partial charge on any atom is 0.284 e. The van der Waals surface area contributed by atoms with Gasteiger partial charge in [-0.1, -0.05) is 45.0 Å². The van der Waals surface area contributed by atoms with E-state index in [1.54, 1.807) is 24.3 Å². The molecule has 0 saturated heterocycles. The van der Waals surface area contributed by atoms with E-state index in [4.69, 9.17) is 9.47 Å². The van der Waals surface area contributed by atoms with Crippen molar-refractivity contribution >= 4 is 23.9 Å². The number of hydrogen-bond donors (Lipinski definition) is 1. The fraction of sp³-hybridized carbons (Fsp3) is 0.273. The molecule has 0 saturated carbocycles. The van der Waals surface area contributed by atoms with Gasteiger partial charge in [0.2, 0.25) is 6.10 Å². The quantitative estimate of drug-likeness (QED) is 0.459. The molecule has 1 unspecified atom stereocenters. The van der Waals surface area contributed by atoms with Crippen molar-refractivity contribution in [3.63, 3.8) is 0 Å². The molecule has 3 rings (SSSR count). The molecule has 0 aliphatic carbocycles. The van der Waals surface area contributed by atoms with Crippen molar-refractivity contribution in [3.05, 3.63) is 69.8 Å². The van der Waals surface area contributed by atoms with Crippen molar-refractivity contribution in [1.29, 1.82) is 0 Å². The number of amides is 1. The number of non-ortho nitro benzene ring substituents is 1. The average Bonchev–Trinajstić information content (AvgIpc) is 2.72. The lowest BCUT2D eigenvalue weighted by Crippen LogP contribution is -2.42. The number of carbonyl (C=O) groups excluding carboxylic acids is 1. The summed E-state index contributed by atoms with van der Waals surface area (Å²) in [6.45, 7) is 6.38. The summed E-state index contributed by atoms with van der Waals surface area (Å²) in [5.74, 6) is 0.709. The van der Waals surface area contributed by atoms with Crippen LogP contribution in [-0.2, 0) is 10.2 Å². The Bertz CT molecular complexity index is 1010. The fourth-order valence-electron chi connectivity index (χ4n) is 2.78. The summed E-state index contributed by atoms with van der Waals surface area (Å²) in [7, 11) is 0. The number of nitrogens with one attached hydrogen (secondary N) is 1. The second-order valence-electron chi connectivity index (χ2n) is 7.79. The Kier molecular flexibility index (Phi) is 6.15. The Balaban J connectivity index is 1.57. The summed E-state index contributed by atoms with van der Waals surface area (Å²) < 4.78 is 11.4. The standard InChI is InChI=1S/C22H23N3O5/c1-22(2,3)16-9-10-18-19(13-16)30-20(14-29-18)21(26)24-23-11-5-7-15-6-4-8-17(12-15)25(27)28/h4-13,20H,14H2,1-3H3,(H,24,26)/b7-5+,23-11-. The van der Waals surface area contributed by atoms with Crippen LogP contribution >= 0.6 is 0 Å². The van der Waals surface area contributed by atoms with E-state index in [0.29, 0.717) is 17.1 Å². The van der Waals surface area contributed by atoms with Crippen LogP contribution in [0.3, 0.4) is 0 Å². The van der Waals surface area contributed by atoms with Crippen LogP contribution in [0.1, 0.15) is 31.9 Å². The lowest BCUT2D eigenvalue weighted by atomic mass is 9.87. The second-order valence-corrected chi connectivity index (χ2v) is 7.79. The van der Waals surface area contributed by atoms with Gasteiger partial charge in [0.05, 0.1) is 4.92 Å². The van der Waals surface area contributed by atoms with E-state index in [0.717, 1.165) is 5.56 Å². The van der Waals surface area contributed by atoms with Gasteiger partial charge in [0.1, 0.15) is 6.61 Å². The van der Waals surface area contributed by atoms with Crippen LogP contribution in [0, 0.1) is 10.1 Å². The van der Waals surface area contributed by atoms with Crippen molar-refractivity contribution in [2.24, 2.45) is 5.10 Å². The van der Waals surface area contributed by atoms with E-state index < -0.39 is 16.9 Å². The van der Waals surface area contributed by atoms with E-state index in [1.807, 2.05) is 18.2 Å². The first-order valence-corrected chi connectivity index (χ1v) is 9.42. The fourth-order valence-corrected chi connectivity index (χ4v) is 2.78. The number of hydrazone groups is 1. The average molecular weight is 409 g/mol. The van der Waals surface area contributed by atoms with Gasteiger partial charge < -0.3 is 9.47 Å². The highest BCUT2D eigenvalue weighted by molar-refractivity contribution is 5.84. The number of hydrogen-bond acceptors (Lipinski definition) is 6. The van der Waals surface area contributed by atoms with E-state index in [-0.39, 0.29) is 17.7 Å². The zero-order chi connectivity index (χ0) is 21.7. The van der Waals surface area contributed by atoms with E-state index in [2.05, 4.69) is 31.3 Å². The number of rotatable bonds is 5. The maximum absolute atomic E-state index is 12.3. The molecule has 2 aromatic carbocycles. The molecule has 1 aliphatic heterocycles. The summed E-state index contributed by atoms with van der Waals surface area (Å²) in [6, 6.07) is 11.9. The number of benzene rings is 2. The molecule has 30 heavy (non-hydrogen) atoms. The summed E-state index contributed by atoms with van der Waals surface area (Å²) in [6.07, 6.45) is 3.78. The molecule has 0 spiro atoms. The molecule has 1 aliphatic rings. The number of ether oxygens (including phenoxy) is 2. The smallest absolute Gasteiger partial charge is 0.284 e. The van der Waals surface area contributed by atoms with Crippen molar-refractivity contribution in [2.45, 2.75) is 32.3 Å². The molecule has 1 heterocycles. The molecule has 2 aromatic rings. The third-order valence-corrected chi connectivity index (χ3v) is 4.47. The zero-order valence-electron chi connectivity index (χ0n) is 17.0. The van der Waals surface area contributed by atoms with Gasteiger partial charge in [0.25, 0.3) is 11.6 Å². The molecule has 156 valence electrons. The van der Waals surface area contributed by atoms with Gasteiger partial charge in [-0.15, -0.1) is 0 Å². The molecule has 1 amide bonds. The molecule has 0 aromatic heterocycles. The van der Waals surface area contributed by atoms with Crippen LogP contribution in [-0.4, -0.2) is 29.8 Å². The minimum Gasteiger partial charge on any atom is -0.485 e. The minimum absolute atomic E-state index is 0.00624. The molecular weight excluding hydrogens is 386 g/mol. The highest BCUT2D eigenvalue weighted by Gasteiger charge is 2.28. The van der Waals surface area contributed by atoms with Gasteiger partial charge in [-0.25, -0.2) is 5.43 Å². The second kappa shape index (κ2) is 8.77. The number of allylic oxidation sites excluding steroid dienone is 1. The zero-order valence-corrected chi connectivity index (χ0v) is 17.0. The van der Waals surface area contributed by atoms with Gasteiger partial charge in [-0.2, -0.15) is 5.10 Å². The molecular formula is C22H23N3O5. The summed E-state index contributed by atoms with van der Waals surface area (Å²) >= 11 is 0. The Labute approximate surface area is 174 Å². The third-order valence-electron chi connectivity index (χ3n) is 4.47. The lowest BCUT2D eigenvalue weighted by molar-refractivity contribution is -0.384. The van der Waals surface area contributed by atoms with E-state index in [9.17, 15) is 14.9 Å². The van der Waals surface area contributed by atoms with E-state index >= 15 is 0 Å². The summed E-state index contributed by atoms with van der Waals surface area (Å²) in [5.41, 5.74) is 4.09. The van der Waals surface area contributed by atoms with Crippen LogP contribution < -0.4 is 14.9 Å². The van der Waals surface area contributed by atoms with Crippen LogP contribution in [0.2, 0.25) is 0 Å². The van der Waals surface area contributed by atoms with Crippen LogP contribution in [0.15, 0.2) is 53.6 Å². The van der Waals surface area contributed by atoms with Crippen molar-refractivity contribution < 1.29 is 19.2 Å². The first-order valence-electron chi connectivity index (χ1n) is 9.42. The number of carbonyl (C=O) groups is 1. The van der Waals surface area contributed by atoms with Crippen molar-refractivity contribution in [2.75, 3.05) is 6.61 Å². The van der Waals surface area contributed by atoms with Crippen LogP contribution in [0.25, 0.3) is 6.08 Å². The first kappa shape index (κ1) is 21.0. The van der Waals surface area contributed by atoms with Crippen LogP contribution in [0.5, 0.6) is 11.5 Å². The summed E-state index contributed by atoms with van der Waals surface area (Å²) in [5, 5.41) is 14.6. The molecule has 8 nitrogen and oxygen atoms in total. The Morgan fingerprint density at radius 2 is 2.03 bits per heavy atom. The Morgan fingerprint density at radius 3 is 2.77 bits per heavy atom. The number of nitro benzene ring substituents is 1. The molecule has 1 atom stereocenters. The van der Waals surface area contributed by atoms with Crippen molar-refractivity contribution in [1.82, 2.24) is 5.43 Å². The van der Waals surface area contributed by atoms with Crippen molar-refractivity contribution in [3.8, 4) is 11.5 Å². The van der Waals surface area contributed by atoms with Gasteiger partial charge in [0.15, 0.2) is 11.5 Å². The van der Waals surface area contributed by atoms with Gasteiger partial charge in [0, 0.05) is 18.3 Å². The van der Waals surface area contributed by atoms with Crippen LogP contribution in [0.4, 0.5) is 5.69 Å². The number of fused-ring (bicyclic) bond motifs is 1. The van der Waals surface area contributed by atoms with E-state index in [1.165, 1.54) is 18.3 Å². The van der Waals surface area contributed by atoms with Gasteiger partial charge in [-0.3, -0.25) is 14.9 Å². The largest absolute Gasteiger partial charge is 0.485 e. The minimum atomic E-state index is -0.814. The molecule has 8 heteroatoms. The first-order chi connectivity index (χ1) is 14.2. The predicted octanol–water partition coefficient (Wildman–Crippen LogP) is 3.85. The van der Waals surface area contributed by atoms with Gasteiger partial charge in [-0.05, 0) is 34.8 Å². The third kappa shape index (κ3) is 5.22. The molecule has 0 fully saturated rings. The lowest BCUT2D eigenvalue weighted by Gasteiger charge is -2.27. The number of nitrogens with zero attached hydrogens (tertiary/aromatic N) is 2. The normalized spacial score (nSPS) is 16.0. The predicted molar refractivity (Wildman–Crippen MR) is 114 cm³/mol. The maximum atomic E-state index is 12.3. The topological polar surface area (TPSA) is 103 Å². The molecule has 0 bridgehead atoms. The summed E-state index contributed by atoms with van der Waals surface area (Å²) in [4.78, 5) is 22.6. The molecule has 1 N–H and O–H groups in total. The highest BCUT2D eigenvalue weighted by Crippen LogP contribution is 2.36. The Hall–Kier alpha value is -3.68. The molecule has 0 radical (unpaired) electrons. The van der Waals surface area contributed by atoms with Gasteiger partial charge >= 0.3 is 0 Å². The Morgan fingerprint density at radius 1 is 1.23 bits per heavy atom.